The second kappa shape index (κ2) is 8.76. The molecule has 6 nitrogen and oxygen atoms in total. The Morgan fingerprint density at radius 2 is 2.16 bits per heavy atom. The zero-order chi connectivity index (χ0) is 22.4. The lowest BCUT2D eigenvalue weighted by Gasteiger charge is -2.49. The van der Waals surface area contributed by atoms with Crippen LogP contribution in [0.5, 0.6) is 0 Å². The highest BCUT2D eigenvalue weighted by Gasteiger charge is 2.45. The minimum absolute atomic E-state index is 0.106. The molecule has 1 spiro atoms. The fourth-order valence-electron chi connectivity index (χ4n) is 5.39. The SMILES string of the molecule is CCc1cc2c(s1)CCO[C@@]21CCN(C[C@H]2C[C@@H](NC(=O)C(C)S(C)(=O)=O)C2)[C@@H](C)C1. The number of aryl methyl sites for hydroxylation is 1. The second-order valence-electron chi connectivity index (χ2n) is 9.81. The average molecular weight is 469 g/mol. The van der Waals surface area contributed by atoms with E-state index in [1.54, 1.807) is 0 Å². The first kappa shape index (κ1) is 23.2. The number of likely N-dealkylation sites (tertiary alicyclic amines) is 1. The van der Waals surface area contributed by atoms with Gasteiger partial charge in [0.2, 0.25) is 5.91 Å². The molecular weight excluding hydrogens is 432 g/mol. The van der Waals surface area contributed by atoms with Crippen LogP contribution in [-0.4, -0.2) is 62.5 Å². The Morgan fingerprint density at radius 3 is 2.81 bits per heavy atom. The van der Waals surface area contributed by atoms with Gasteiger partial charge in [-0.25, -0.2) is 8.42 Å². The second-order valence-corrected chi connectivity index (χ2v) is 13.4. The number of rotatable bonds is 6. The van der Waals surface area contributed by atoms with E-state index in [4.69, 9.17) is 4.74 Å². The summed E-state index contributed by atoms with van der Waals surface area (Å²) in [5.41, 5.74) is 1.35. The maximum Gasteiger partial charge on any atom is 0.238 e. The number of sulfone groups is 1. The highest BCUT2D eigenvalue weighted by atomic mass is 32.2. The molecule has 0 radical (unpaired) electrons. The Bertz CT molecular complexity index is 922. The number of nitrogens with zero attached hydrogens (tertiary/aromatic N) is 1. The van der Waals surface area contributed by atoms with E-state index in [-0.39, 0.29) is 17.6 Å². The van der Waals surface area contributed by atoms with Crippen molar-refractivity contribution in [3.05, 3.63) is 21.4 Å². The van der Waals surface area contributed by atoms with Crippen LogP contribution >= 0.6 is 11.3 Å². The van der Waals surface area contributed by atoms with E-state index in [1.807, 2.05) is 11.3 Å². The summed E-state index contributed by atoms with van der Waals surface area (Å²) in [5, 5.41) is 1.93. The summed E-state index contributed by atoms with van der Waals surface area (Å²) in [6.07, 6.45) is 7.21. The maximum absolute atomic E-state index is 12.1. The molecule has 1 unspecified atom stereocenters. The molecular formula is C23H36N2O4S2. The van der Waals surface area contributed by atoms with Gasteiger partial charge in [-0.2, -0.15) is 0 Å². The third kappa shape index (κ3) is 4.72. The number of piperidine rings is 1. The summed E-state index contributed by atoms with van der Waals surface area (Å²) >= 11 is 1.97. The Kier molecular flexibility index (Phi) is 6.56. The van der Waals surface area contributed by atoms with Crippen molar-refractivity contribution in [1.82, 2.24) is 10.2 Å². The first-order valence-electron chi connectivity index (χ1n) is 11.6. The number of amides is 1. The van der Waals surface area contributed by atoms with E-state index in [9.17, 15) is 13.2 Å². The van der Waals surface area contributed by atoms with E-state index in [1.165, 1.54) is 22.2 Å². The molecule has 3 heterocycles. The molecule has 1 aromatic heterocycles. The molecule has 1 aliphatic carbocycles. The molecule has 2 aliphatic heterocycles. The van der Waals surface area contributed by atoms with Gasteiger partial charge in [-0.1, -0.05) is 6.92 Å². The van der Waals surface area contributed by atoms with Gasteiger partial charge in [0.15, 0.2) is 9.84 Å². The van der Waals surface area contributed by atoms with Gasteiger partial charge in [0.25, 0.3) is 0 Å². The number of hydrogen-bond donors (Lipinski definition) is 1. The number of hydrogen-bond acceptors (Lipinski definition) is 6. The number of carbonyl (C=O) groups excluding carboxylic acids is 1. The highest BCUT2D eigenvalue weighted by molar-refractivity contribution is 7.92. The van der Waals surface area contributed by atoms with Crippen molar-refractivity contribution in [1.29, 1.82) is 0 Å². The molecule has 3 aliphatic rings. The van der Waals surface area contributed by atoms with Gasteiger partial charge in [0.05, 0.1) is 12.2 Å². The van der Waals surface area contributed by atoms with Gasteiger partial charge < -0.3 is 15.0 Å². The van der Waals surface area contributed by atoms with Crippen LogP contribution in [0.15, 0.2) is 6.07 Å². The van der Waals surface area contributed by atoms with E-state index in [0.717, 1.165) is 64.5 Å². The topological polar surface area (TPSA) is 75.7 Å². The Morgan fingerprint density at radius 1 is 1.42 bits per heavy atom. The molecule has 1 saturated carbocycles. The third-order valence-electron chi connectivity index (χ3n) is 7.54. The van der Waals surface area contributed by atoms with Crippen LogP contribution in [0.4, 0.5) is 0 Å². The first-order valence-corrected chi connectivity index (χ1v) is 14.4. The van der Waals surface area contributed by atoms with Crippen molar-refractivity contribution in [2.45, 2.75) is 82.2 Å². The lowest BCUT2D eigenvalue weighted by atomic mass is 9.76. The monoisotopic (exact) mass is 468 g/mol. The van der Waals surface area contributed by atoms with Crippen molar-refractivity contribution in [2.24, 2.45) is 5.92 Å². The van der Waals surface area contributed by atoms with Gasteiger partial charge in [-0.15, -0.1) is 11.3 Å². The largest absolute Gasteiger partial charge is 0.370 e. The predicted molar refractivity (Wildman–Crippen MR) is 124 cm³/mol. The van der Waals surface area contributed by atoms with E-state index in [0.29, 0.717) is 12.0 Å². The molecule has 0 bridgehead atoms. The summed E-state index contributed by atoms with van der Waals surface area (Å²) < 4.78 is 29.6. The van der Waals surface area contributed by atoms with Gasteiger partial charge >= 0.3 is 0 Å². The van der Waals surface area contributed by atoms with Crippen LogP contribution in [0, 0.1) is 5.92 Å². The van der Waals surface area contributed by atoms with Gasteiger partial charge in [-0.05, 0) is 63.5 Å². The van der Waals surface area contributed by atoms with E-state index < -0.39 is 15.1 Å². The molecule has 2 fully saturated rings. The number of fused-ring (bicyclic) bond motifs is 2. The lowest BCUT2D eigenvalue weighted by Crippen LogP contribution is -2.55. The standard InChI is InChI=1S/C23H36N2O4S2/c1-5-19-12-20-21(30-19)6-9-29-23(20)7-8-25(15(2)13-23)14-17-10-18(11-17)24-22(26)16(3)31(4,27)28/h12,15-18H,5-11,13-14H2,1-4H3,(H,24,26)/t15-,16?,17-,18+,23+/m0/s1. The van der Waals surface area contributed by atoms with Crippen molar-refractivity contribution >= 4 is 27.1 Å². The molecule has 174 valence electrons. The quantitative estimate of drug-likeness (QED) is 0.695. The van der Waals surface area contributed by atoms with Crippen LogP contribution in [-0.2, 0) is 37.8 Å². The van der Waals surface area contributed by atoms with Crippen molar-refractivity contribution < 1.29 is 17.9 Å². The Labute approximate surface area is 190 Å². The Balaban J connectivity index is 1.29. The third-order valence-corrected chi connectivity index (χ3v) is 10.4. The van der Waals surface area contributed by atoms with Gasteiger partial charge in [0.1, 0.15) is 5.25 Å². The van der Waals surface area contributed by atoms with Crippen LogP contribution in [0.25, 0.3) is 0 Å². The van der Waals surface area contributed by atoms with Crippen LogP contribution < -0.4 is 5.32 Å². The molecule has 1 aromatic rings. The molecule has 3 atom stereocenters. The highest BCUT2D eigenvalue weighted by Crippen LogP contribution is 2.46. The zero-order valence-corrected chi connectivity index (χ0v) is 20.8. The molecule has 1 saturated heterocycles. The molecule has 1 amide bonds. The van der Waals surface area contributed by atoms with E-state index >= 15 is 0 Å². The van der Waals surface area contributed by atoms with Crippen LogP contribution in [0.2, 0.25) is 0 Å². The summed E-state index contributed by atoms with van der Waals surface area (Å²) in [4.78, 5) is 17.7. The summed E-state index contributed by atoms with van der Waals surface area (Å²) in [7, 11) is -3.34. The summed E-state index contributed by atoms with van der Waals surface area (Å²) in [6.45, 7) is 8.92. The minimum Gasteiger partial charge on any atom is -0.370 e. The molecule has 8 heteroatoms. The van der Waals surface area contributed by atoms with Crippen molar-refractivity contribution in [3.8, 4) is 0 Å². The maximum atomic E-state index is 12.1. The van der Waals surface area contributed by atoms with Crippen LogP contribution in [0.3, 0.4) is 0 Å². The first-order chi connectivity index (χ1) is 14.6. The minimum atomic E-state index is -3.34. The molecule has 4 rings (SSSR count). The molecule has 0 aromatic carbocycles. The molecule has 31 heavy (non-hydrogen) atoms. The van der Waals surface area contributed by atoms with Crippen molar-refractivity contribution in [3.63, 3.8) is 0 Å². The van der Waals surface area contributed by atoms with Gasteiger partial charge in [-0.3, -0.25) is 4.79 Å². The summed E-state index contributed by atoms with van der Waals surface area (Å²) in [6, 6.07) is 2.97. The average Bonchev–Trinajstić information content (AvgIpc) is 3.12. The number of carbonyl (C=O) groups is 1. The van der Waals surface area contributed by atoms with E-state index in [2.05, 4.69) is 30.1 Å². The number of nitrogens with one attached hydrogen (secondary N) is 1. The van der Waals surface area contributed by atoms with Crippen LogP contribution in [0.1, 0.15) is 61.8 Å². The number of ether oxygens (including phenoxy) is 1. The normalized spacial score (nSPS) is 32.3. The fraction of sp³-hybridized carbons (Fsp3) is 0.783. The predicted octanol–water partition coefficient (Wildman–Crippen LogP) is 2.89. The summed E-state index contributed by atoms with van der Waals surface area (Å²) in [5.74, 6) is 0.192. The smallest absolute Gasteiger partial charge is 0.238 e. The van der Waals surface area contributed by atoms with Crippen molar-refractivity contribution in [2.75, 3.05) is 26.0 Å². The van der Waals surface area contributed by atoms with Gasteiger partial charge in [0, 0.05) is 47.6 Å². The lowest BCUT2D eigenvalue weighted by molar-refractivity contribution is -0.123. The Hall–Kier alpha value is -0.960. The zero-order valence-electron chi connectivity index (χ0n) is 19.1. The fourth-order valence-corrected chi connectivity index (χ4v) is 7.03. The number of thiophene rings is 1. The molecule has 1 N–H and O–H groups in total.